The minimum absolute atomic E-state index is 0.153. The minimum atomic E-state index is -0.354. The maximum Gasteiger partial charge on any atom is 0.227 e. The van der Waals surface area contributed by atoms with Gasteiger partial charge in [0.25, 0.3) is 0 Å². The summed E-state index contributed by atoms with van der Waals surface area (Å²) in [6.07, 6.45) is 1.76. The van der Waals surface area contributed by atoms with Crippen molar-refractivity contribution in [1.29, 1.82) is 0 Å². The molecule has 1 aromatic carbocycles. The Morgan fingerprint density at radius 3 is 2.43 bits per heavy atom. The van der Waals surface area contributed by atoms with Crippen LogP contribution < -0.4 is 10.6 Å². The number of nitrogens with one attached hydrogen (secondary N) is 2. The number of rotatable bonds is 5. The van der Waals surface area contributed by atoms with Crippen LogP contribution >= 0.6 is 0 Å². The van der Waals surface area contributed by atoms with Crippen LogP contribution in [0.15, 0.2) is 54.7 Å². The Kier molecular flexibility index (Phi) is 5.04. The number of pyridine rings is 1. The van der Waals surface area contributed by atoms with E-state index in [0.29, 0.717) is 5.82 Å². The number of benzene rings is 1. The smallest absolute Gasteiger partial charge is 0.227 e. The Labute approximate surface area is 123 Å². The van der Waals surface area contributed by atoms with E-state index in [1.807, 2.05) is 30.3 Å². The molecule has 0 unspecified atom stereocenters. The monoisotopic (exact) mass is 283 g/mol. The van der Waals surface area contributed by atoms with Crippen molar-refractivity contribution in [2.24, 2.45) is 0 Å². The van der Waals surface area contributed by atoms with E-state index < -0.39 is 0 Å². The second-order valence-electron chi connectivity index (χ2n) is 4.63. The van der Waals surface area contributed by atoms with E-state index in [4.69, 9.17) is 0 Å². The van der Waals surface area contributed by atoms with E-state index in [0.717, 1.165) is 5.56 Å². The SMILES string of the molecule is CC(=O)N[C@@H](CC(=O)Nc1ccccn1)c1ccccc1. The first kappa shape index (κ1) is 14.7. The van der Waals surface area contributed by atoms with Crippen molar-refractivity contribution in [3.05, 3.63) is 60.3 Å². The van der Waals surface area contributed by atoms with E-state index in [-0.39, 0.29) is 24.3 Å². The molecule has 5 nitrogen and oxygen atoms in total. The Bertz CT molecular complexity index is 599. The lowest BCUT2D eigenvalue weighted by molar-refractivity contribution is -0.120. The van der Waals surface area contributed by atoms with Crippen LogP contribution in [-0.2, 0) is 9.59 Å². The fraction of sp³-hybridized carbons (Fsp3) is 0.188. The van der Waals surface area contributed by atoms with E-state index in [2.05, 4.69) is 15.6 Å². The summed E-state index contributed by atoms with van der Waals surface area (Å²) < 4.78 is 0. The van der Waals surface area contributed by atoms with Crippen LogP contribution in [0.1, 0.15) is 24.9 Å². The zero-order valence-corrected chi connectivity index (χ0v) is 11.7. The van der Waals surface area contributed by atoms with E-state index in [1.54, 1.807) is 24.4 Å². The Hall–Kier alpha value is -2.69. The van der Waals surface area contributed by atoms with E-state index in [1.165, 1.54) is 6.92 Å². The van der Waals surface area contributed by atoms with Crippen molar-refractivity contribution in [2.45, 2.75) is 19.4 Å². The third-order valence-electron chi connectivity index (χ3n) is 2.90. The standard InChI is InChI=1S/C16H17N3O2/c1-12(20)18-14(13-7-3-2-4-8-13)11-16(21)19-15-9-5-6-10-17-15/h2-10,14H,11H2,1H3,(H,18,20)(H,17,19,21)/t14-/m0/s1. The minimum Gasteiger partial charge on any atom is -0.349 e. The number of nitrogens with zero attached hydrogens (tertiary/aromatic N) is 1. The normalized spacial score (nSPS) is 11.5. The zero-order valence-electron chi connectivity index (χ0n) is 11.7. The van der Waals surface area contributed by atoms with Gasteiger partial charge in [-0.25, -0.2) is 4.98 Å². The second kappa shape index (κ2) is 7.19. The number of aromatic nitrogens is 1. The molecule has 0 aliphatic rings. The van der Waals surface area contributed by atoms with Crippen molar-refractivity contribution >= 4 is 17.6 Å². The highest BCUT2D eigenvalue weighted by Crippen LogP contribution is 2.17. The van der Waals surface area contributed by atoms with Crippen molar-refractivity contribution < 1.29 is 9.59 Å². The van der Waals surface area contributed by atoms with Crippen LogP contribution in [0.2, 0.25) is 0 Å². The van der Waals surface area contributed by atoms with Crippen molar-refractivity contribution in [3.63, 3.8) is 0 Å². The quantitative estimate of drug-likeness (QED) is 0.884. The zero-order chi connectivity index (χ0) is 15.1. The lowest BCUT2D eigenvalue weighted by Gasteiger charge is -2.17. The van der Waals surface area contributed by atoms with Gasteiger partial charge in [-0.15, -0.1) is 0 Å². The van der Waals surface area contributed by atoms with Crippen LogP contribution in [0.4, 0.5) is 5.82 Å². The van der Waals surface area contributed by atoms with E-state index >= 15 is 0 Å². The maximum atomic E-state index is 12.1. The number of anilines is 1. The van der Waals surface area contributed by atoms with E-state index in [9.17, 15) is 9.59 Å². The number of hydrogen-bond donors (Lipinski definition) is 2. The summed E-state index contributed by atoms with van der Waals surface area (Å²) in [6.45, 7) is 1.44. The summed E-state index contributed by atoms with van der Waals surface area (Å²) in [6, 6.07) is 14.3. The molecule has 0 radical (unpaired) electrons. The molecule has 0 saturated heterocycles. The van der Waals surface area contributed by atoms with Gasteiger partial charge in [0.05, 0.1) is 12.5 Å². The van der Waals surface area contributed by atoms with Crippen molar-refractivity contribution in [1.82, 2.24) is 10.3 Å². The molecule has 2 aromatic rings. The number of hydrogen-bond acceptors (Lipinski definition) is 3. The predicted molar refractivity (Wildman–Crippen MR) is 80.5 cm³/mol. The molecule has 21 heavy (non-hydrogen) atoms. The highest BCUT2D eigenvalue weighted by Gasteiger charge is 2.17. The number of carbonyl (C=O) groups excluding carboxylic acids is 2. The molecule has 0 spiro atoms. The molecule has 2 N–H and O–H groups in total. The van der Waals surface area contributed by atoms with Gasteiger partial charge in [0.2, 0.25) is 11.8 Å². The number of amides is 2. The van der Waals surface area contributed by atoms with Gasteiger partial charge < -0.3 is 10.6 Å². The molecule has 5 heteroatoms. The van der Waals surface area contributed by atoms with Crippen LogP contribution in [0.5, 0.6) is 0 Å². The average molecular weight is 283 g/mol. The van der Waals surface area contributed by atoms with Gasteiger partial charge in [0.15, 0.2) is 0 Å². The van der Waals surface area contributed by atoms with Gasteiger partial charge in [0.1, 0.15) is 5.82 Å². The fourth-order valence-corrected chi connectivity index (χ4v) is 2.00. The largest absolute Gasteiger partial charge is 0.349 e. The molecule has 1 aromatic heterocycles. The first-order chi connectivity index (χ1) is 10.1. The van der Waals surface area contributed by atoms with Crippen LogP contribution in [0.3, 0.4) is 0 Å². The molecule has 0 bridgehead atoms. The first-order valence-corrected chi connectivity index (χ1v) is 6.68. The Morgan fingerprint density at radius 1 is 1.10 bits per heavy atom. The second-order valence-corrected chi connectivity index (χ2v) is 4.63. The molecule has 1 atom stereocenters. The van der Waals surface area contributed by atoms with Gasteiger partial charge in [-0.3, -0.25) is 9.59 Å². The molecule has 0 saturated carbocycles. The Morgan fingerprint density at radius 2 is 1.81 bits per heavy atom. The van der Waals surface area contributed by atoms with Gasteiger partial charge in [0, 0.05) is 13.1 Å². The third-order valence-corrected chi connectivity index (χ3v) is 2.90. The van der Waals surface area contributed by atoms with Gasteiger partial charge in [-0.05, 0) is 17.7 Å². The molecular formula is C16H17N3O2. The first-order valence-electron chi connectivity index (χ1n) is 6.68. The summed E-state index contributed by atoms with van der Waals surface area (Å²) in [5.74, 6) is 0.128. The third kappa shape index (κ3) is 4.72. The molecule has 0 fully saturated rings. The molecule has 0 aliphatic carbocycles. The Balaban J connectivity index is 2.05. The maximum absolute atomic E-state index is 12.1. The highest BCUT2D eigenvalue weighted by molar-refractivity contribution is 5.90. The number of carbonyl (C=O) groups is 2. The van der Waals surface area contributed by atoms with Crippen LogP contribution in [0.25, 0.3) is 0 Å². The lowest BCUT2D eigenvalue weighted by Crippen LogP contribution is -2.29. The van der Waals surface area contributed by atoms with Crippen molar-refractivity contribution in [3.8, 4) is 0 Å². The molecule has 108 valence electrons. The van der Waals surface area contributed by atoms with Crippen molar-refractivity contribution in [2.75, 3.05) is 5.32 Å². The average Bonchev–Trinajstić information content (AvgIpc) is 2.48. The molecule has 2 rings (SSSR count). The fourth-order valence-electron chi connectivity index (χ4n) is 2.00. The highest BCUT2D eigenvalue weighted by atomic mass is 16.2. The summed E-state index contributed by atoms with van der Waals surface area (Å²) in [7, 11) is 0. The lowest BCUT2D eigenvalue weighted by atomic mass is 10.0. The summed E-state index contributed by atoms with van der Waals surface area (Å²) in [4.78, 5) is 27.4. The summed E-state index contributed by atoms with van der Waals surface area (Å²) >= 11 is 0. The van der Waals surface area contributed by atoms with Gasteiger partial charge >= 0.3 is 0 Å². The molecule has 2 amide bonds. The molecular weight excluding hydrogens is 266 g/mol. The predicted octanol–water partition coefficient (Wildman–Crippen LogP) is 2.29. The summed E-state index contributed by atoms with van der Waals surface area (Å²) in [5, 5.41) is 5.51. The van der Waals surface area contributed by atoms with Crippen LogP contribution in [0, 0.1) is 0 Å². The molecule has 0 aliphatic heterocycles. The molecule has 1 heterocycles. The summed E-state index contributed by atoms with van der Waals surface area (Å²) in [5.41, 5.74) is 0.892. The van der Waals surface area contributed by atoms with Crippen LogP contribution in [-0.4, -0.2) is 16.8 Å². The van der Waals surface area contributed by atoms with Gasteiger partial charge in [-0.2, -0.15) is 0 Å². The van der Waals surface area contributed by atoms with Gasteiger partial charge in [-0.1, -0.05) is 36.4 Å². The topological polar surface area (TPSA) is 71.1 Å².